The Hall–Kier alpha value is -0.480. The standard InChI is InChI=1S/C17H26O/c1-4-5-6-14(18)17-9-13-7-15(2,11-17)10-16(3,8-13)12-17/h13-14,18H,6-12H2,1-3H3. The van der Waals surface area contributed by atoms with Gasteiger partial charge in [0.25, 0.3) is 0 Å². The fourth-order valence-electron chi connectivity index (χ4n) is 6.32. The van der Waals surface area contributed by atoms with Crippen molar-refractivity contribution in [3.63, 3.8) is 0 Å². The van der Waals surface area contributed by atoms with Gasteiger partial charge in [0.15, 0.2) is 0 Å². The first-order valence-corrected chi connectivity index (χ1v) is 7.47. The van der Waals surface area contributed by atoms with Gasteiger partial charge >= 0.3 is 0 Å². The van der Waals surface area contributed by atoms with Gasteiger partial charge in [-0.2, -0.15) is 0 Å². The predicted octanol–water partition coefficient (Wildman–Crippen LogP) is 3.76. The maximum Gasteiger partial charge on any atom is 0.0706 e. The minimum atomic E-state index is -0.202. The summed E-state index contributed by atoms with van der Waals surface area (Å²) < 4.78 is 0. The molecule has 3 unspecified atom stereocenters. The summed E-state index contributed by atoms with van der Waals surface area (Å²) in [4.78, 5) is 0. The first-order chi connectivity index (χ1) is 8.39. The molecule has 4 bridgehead atoms. The van der Waals surface area contributed by atoms with E-state index in [0.29, 0.717) is 17.3 Å². The highest BCUT2D eigenvalue weighted by molar-refractivity contribution is 5.13. The number of aliphatic hydroxyl groups excluding tert-OH is 1. The second kappa shape index (κ2) is 3.76. The molecule has 0 amide bonds. The van der Waals surface area contributed by atoms with E-state index >= 15 is 0 Å². The number of rotatable bonds is 2. The van der Waals surface area contributed by atoms with Gasteiger partial charge < -0.3 is 5.11 Å². The summed E-state index contributed by atoms with van der Waals surface area (Å²) >= 11 is 0. The van der Waals surface area contributed by atoms with Crippen LogP contribution in [0.25, 0.3) is 0 Å². The molecular weight excluding hydrogens is 220 g/mol. The zero-order valence-electron chi connectivity index (χ0n) is 12.1. The Balaban J connectivity index is 1.90. The van der Waals surface area contributed by atoms with Crippen molar-refractivity contribution in [3.05, 3.63) is 0 Å². The lowest BCUT2D eigenvalue weighted by molar-refractivity contribution is -0.184. The Labute approximate surface area is 111 Å². The van der Waals surface area contributed by atoms with Gasteiger partial charge in [0, 0.05) is 6.42 Å². The molecule has 0 aromatic carbocycles. The van der Waals surface area contributed by atoms with Crippen LogP contribution in [0.3, 0.4) is 0 Å². The largest absolute Gasteiger partial charge is 0.392 e. The maximum atomic E-state index is 10.7. The van der Waals surface area contributed by atoms with Crippen LogP contribution in [0.2, 0.25) is 0 Å². The highest BCUT2D eigenvalue weighted by atomic mass is 16.3. The van der Waals surface area contributed by atoms with E-state index in [2.05, 4.69) is 25.7 Å². The third-order valence-corrected chi connectivity index (χ3v) is 5.85. The Kier molecular flexibility index (Phi) is 2.62. The summed E-state index contributed by atoms with van der Waals surface area (Å²) in [5.41, 5.74) is 1.18. The molecule has 0 radical (unpaired) electrons. The molecule has 4 rings (SSSR count). The monoisotopic (exact) mass is 246 g/mol. The topological polar surface area (TPSA) is 20.2 Å². The summed E-state index contributed by atoms with van der Waals surface area (Å²) in [5, 5.41) is 10.7. The van der Waals surface area contributed by atoms with Crippen LogP contribution in [0.4, 0.5) is 0 Å². The average Bonchev–Trinajstić information content (AvgIpc) is 2.20. The zero-order chi connectivity index (χ0) is 13.0. The molecule has 4 aliphatic carbocycles. The van der Waals surface area contributed by atoms with Crippen LogP contribution in [0, 0.1) is 34.0 Å². The number of aliphatic hydroxyl groups is 1. The molecule has 0 saturated heterocycles. The van der Waals surface area contributed by atoms with Crippen LogP contribution >= 0.6 is 0 Å². The Morgan fingerprint density at radius 1 is 1.11 bits per heavy atom. The molecule has 100 valence electrons. The minimum Gasteiger partial charge on any atom is -0.392 e. The summed E-state index contributed by atoms with van der Waals surface area (Å²) in [6, 6.07) is 0. The lowest BCUT2D eigenvalue weighted by Crippen LogP contribution is -2.58. The highest BCUT2D eigenvalue weighted by Gasteiger charge is 2.61. The average molecular weight is 246 g/mol. The molecule has 0 spiro atoms. The van der Waals surface area contributed by atoms with E-state index in [-0.39, 0.29) is 11.5 Å². The minimum absolute atomic E-state index is 0.187. The van der Waals surface area contributed by atoms with E-state index in [1.54, 1.807) is 0 Å². The van der Waals surface area contributed by atoms with E-state index in [1.165, 1.54) is 38.5 Å². The first-order valence-electron chi connectivity index (χ1n) is 7.47. The molecule has 1 N–H and O–H groups in total. The Bertz CT molecular complexity index is 395. The van der Waals surface area contributed by atoms with Gasteiger partial charge in [-0.1, -0.05) is 13.8 Å². The molecule has 4 aliphatic rings. The van der Waals surface area contributed by atoms with Crippen molar-refractivity contribution < 1.29 is 5.11 Å². The quantitative estimate of drug-likeness (QED) is 0.736. The second-order valence-corrected chi connectivity index (χ2v) is 8.14. The normalized spacial score (nSPS) is 50.8. The SMILES string of the molecule is CC#CCC(O)C12CC3CC(C)(CC(C)(C3)C1)C2. The van der Waals surface area contributed by atoms with E-state index < -0.39 is 0 Å². The van der Waals surface area contributed by atoms with E-state index in [9.17, 15) is 5.11 Å². The predicted molar refractivity (Wildman–Crippen MR) is 73.9 cm³/mol. The van der Waals surface area contributed by atoms with Gasteiger partial charge in [-0.05, 0) is 67.6 Å². The van der Waals surface area contributed by atoms with Crippen molar-refractivity contribution in [2.45, 2.75) is 71.8 Å². The van der Waals surface area contributed by atoms with E-state index in [4.69, 9.17) is 0 Å². The van der Waals surface area contributed by atoms with E-state index in [0.717, 1.165) is 5.92 Å². The molecular formula is C17H26O. The Morgan fingerprint density at radius 2 is 1.72 bits per heavy atom. The van der Waals surface area contributed by atoms with Crippen molar-refractivity contribution in [3.8, 4) is 11.8 Å². The zero-order valence-corrected chi connectivity index (χ0v) is 12.1. The van der Waals surface area contributed by atoms with Crippen molar-refractivity contribution in [2.75, 3.05) is 0 Å². The van der Waals surface area contributed by atoms with Gasteiger partial charge in [0.05, 0.1) is 6.10 Å². The fourth-order valence-corrected chi connectivity index (χ4v) is 6.32. The molecule has 0 aromatic heterocycles. The molecule has 4 fully saturated rings. The van der Waals surface area contributed by atoms with Crippen molar-refractivity contribution >= 4 is 0 Å². The third kappa shape index (κ3) is 1.81. The molecule has 4 saturated carbocycles. The highest BCUT2D eigenvalue weighted by Crippen LogP contribution is 2.70. The summed E-state index contributed by atoms with van der Waals surface area (Å²) in [7, 11) is 0. The molecule has 18 heavy (non-hydrogen) atoms. The van der Waals surface area contributed by atoms with Crippen LogP contribution in [-0.4, -0.2) is 11.2 Å². The van der Waals surface area contributed by atoms with Crippen LogP contribution in [0.15, 0.2) is 0 Å². The van der Waals surface area contributed by atoms with Crippen molar-refractivity contribution in [1.29, 1.82) is 0 Å². The van der Waals surface area contributed by atoms with Gasteiger partial charge in [-0.15, -0.1) is 11.8 Å². The van der Waals surface area contributed by atoms with Crippen LogP contribution in [0.1, 0.15) is 65.7 Å². The second-order valence-electron chi connectivity index (χ2n) is 8.14. The summed E-state index contributed by atoms with van der Waals surface area (Å²) in [6.07, 6.45) is 8.38. The van der Waals surface area contributed by atoms with Crippen molar-refractivity contribution in [1.82, 2.24) is 0 Å². The number of hydrogen-bond acceptors (Lipinski definition) is 1. The molecule has 1 nitrogen and oxygen atoms in total. The van der Waals surface area contributed by atoms with Gasteiger partial charge in [-0.3, -0.25) is 0 Å². The van der Waals surface area contributed by atoms with E-state index in [1.807, 2.05) is 6.92 Å². The first kappa shape index (κ1) is 12.5. The molecule has 0 aliphatic heterocycles. The lowest BCUT2D eigenvalue weighted by atomic mass is 9.39. The third-order valence-electron chi connectivity index (χ3n) is 5.85. The maximum absolute atomic E-state index is 10.7. The summed E-state index contributed by atoms with van der Waals surface area (Å²) in [5.74, 6) is 6.90. The van der Waals surface area contributed by atoms with Gasteiger partial charge in [-0.25, -0.2) is 0 Å². The Morgan fingerprint density at radius 3 is 2.22 bits per heavy atom. The van der Waals surface area contributed by atoms with Gasteiger partial charge in [0.2, 0.25) is 0 Å². The fraction of sp³-hybridized carbons (Fsp3) is 0.882. The lowest BCUT2D eigenvalue weighted by Gasteiger charge is -2.66. The van der Waals surface area contributed by atoms with Gasteiger partial charge in [0.1, 0.15) is 0 Å². The molecule has 1 heteroatoms. The molecule has 3 atom stereocenters. The van der Waals surface area contributed by atoms with Crippen molar-refractivity contribution in [2.24, 2.45) is 22.2 Å². The van der Waals surface area contributed by atoms with Crippen LogP contribution in [0.5, 0.6) is 0 Å². The number of hydrogen-bond donors (Lipinski definition) is 1. The smallest absolute Gasteiger partial charge is 0.0706 e. The van der Waals surface area contributed by atoms with Crippen LogP contribution in [-0.2, 0) is 0 Å². The molecule has 0 aromatic rings. The summed E-state index contributed by atoms with van der Waals surface area (Å²) in [6.45, 7) is 6.79. The van der Waals surface area contributed by atoms with Crippen LogP contribution < -0.4 is 0 Å². The molecule has 0 heterocycles.